The molecule has 0 fully saturated rings. The van der Waals surface area contributed by atoms with E-state index in [4.69, 9.17) is 5.73 Å². The summed E-state index contributed by atoms with van der Waals surface area (Å²) in [5, 5.41) is 16.1. The molecule has 1 aliphatic carbocycles. The molecule has 1 aliphatic rings. The van der Waals surface area contributed by atoms with Crippen LogP contribution in [-0.2, 0) is 0 Å². The van der Waals surface area contributed by atoms with Crippen LogP contribution in [0, 0.1) is 11.3 Å². The molecule has 0 aromatic heterocycles. The monoisotopic (exact) mass is 227 g/mol. The lowest BCUT2D eigenvalue weighted by molar-refractivity contribution is 0.0273. The summed E-state index contributed by atoms with van der Waals surface area (Å²) >= 11 is 0. The maximum atomic E-state index is 9.77. The molecule has 94 valence electrons. The van der Waals surface area contributed by atoms with E-state index < -0.39 is 6.23 Å². The molecule has 0 radical (unpaired) electrons. The van der Waals surface area contributed by atoms with Crippen molar-refractivity contribution in [2.24, 2.45) is 17.1 Å². The standard InChI is InChI=1S/C12H25N3O/c1-12(2,11(16)14-3)8-15-10-5-4-9(6-10)7-13/h4-5,9-11,14-16H,6-8,13H2,1-3H3. The lowest BCUT2D eigenvalue weighted by Crippen LogP contribution is -2.47. The Bertz CT molecular complexity index is 240. The highest BCUT2D eigenvalue weighted by Gasteiger charge is 2.28. The van der Waals surface area contributed by atoms with Crippen molar-refractivity contribution in [3.63, 3.8) is 0 Å². The van der Waals surface area contributed by atoms with Gasteiger partial charge in [-0.05, 0) is 25.9 Å². The van der Waals surface area contributed by atoms with E-state index in [0.717, 1.165) is 19.5 Å². The molecule has 0 aromatic rings. The van der Waals surface area contributed by atoms with Gasteiger partial charge >= 0.3 is 0 Å². The van der Waals surface area contributed by atoms with E-state index in [1.54, 1.807) is 7.05 Å². The molecule has 0 aromatic carbocycles. The van der Waals surface area contributed by atoms with Gasteiger partial charge in [-0.15, -0.1) is 0 Å². The molecular weight excluding hydrogens is 202 g/mol. The Hall–Kier alpha value is -0.420. The fourth-order valence-electron chi connectivity index (χ4n) is 1.98. The van der Waals surface area contributed by atoms with E-state index in [9.17, 15) is 5.11 Å². The van der Waals surface area contributed by atoms with Gasteiger partial charge in [0.1, 0.15) is 6.23 Å². The molecule has 3 atom stereocenters. The molecule has 16 heavy (non-hydrogen) atoms. The second-order valence-corrected chi connectivity index (χ2v) is 5.28. The number of aliphatic hydroxyl groups excluding tert-OH is 1. The zero-order chi connectivity index (χ0) is 12.2. The third-order valence-electron chi connectivity index (χ3n) is 3.31. The van der Waals surface area contributed by atoms with Crippen molar-refractivity contribution in [2.75, 3.05) is 20.1 Å². The highest BCUT2D eigenvalue weighted by molar-refractivity contribution is 5.06. The van der Waals surface area contributed by atoms with E-state index in [-0.39, 0.29) is 5.41 Å². The Kier molecular flexibility index (Phi) is 4.92. The van der Waals surface area contributed by atoms with Crippen molar-refractivity contribution < 1.29 is 5.11 Å². The van der Waals surface area contributed by atoms with Crippen LogP contribution in [0.15, 0.2) is 12.2 Å². The largest absolute Gasteiger partial charge is 0.378 e. The molecule has 0 aliphatic heterocycles. The zero-order valence-electron chi connectivity index (χ0n) is 10.5. The Labute approximate surface area is 98.3 Å². The first-order valence-electron chi connectivity index (χ1n) is 5.96. The number of hydrogen-bond donors (Lipinski definition) is 4. The highest BCUT2D eigenvalue weighted by atomic mass is 16.3. The fraction of sp³-hybridized carbons (Fsp3) is 0.833. The van der Waals surface area contributed by atoms with Crippen molar-refractivity contribution in [3.8, 4) is 0 Å². The highest BCUT2D eigenvalue weighted by Crippen LogP contribution is 2.20. The number of nitrogens with one attached hydrogen (secondary N) is 2. The summed E-state index contributed by atoms with van der Waals surface area (Å²) in [4.78, 5) is 0. The number of nitrogens with two attached hydrogens (primary N) is 1. The summed E-state index contributed by atoms with van der Waals surface area (Å²) in [7, 11) is 1.77. The van der Waals surface area contributed by atoms with Crippen molar-refractivity contribution in [3.05, 3.63) is 12.2 Å². The topological polar surface area (TPSA) is 70.3 Å². The van der Waals surface area contributed by atoms with E-state index >= 15 is 0 Å². The van der Waals surface area contributed by atoms with E-state index in [2.05, 4.69) is 22.8 Å². The van der Waals surface area contributed by atoms with E-state index in [1.165, 1.54) is 0 Å². The van der Waals surface area contributed by atoms with Crippen molar-refractivity contribution in [2.45, 2.75) is 32.5 Å². The lowest BCUT2D eigenvalue weighted by atomic mass is 9.90. The van der Waals surface area contributed by atoms with Gasteiger partial charge in [0.25, 0.3) is 0 Å². The van der Waals surface area contributed by atoms with Crippen LogP contribution in [-0.4, -0.2) is 37.5 Å². The van der Waals surface area contributed by atoms with Gasteiger partial charge in [-0.1, -0.05) is 26.0 Å². The molecule has 0 amide bonds. The summed E-state index contributed by atoms with van der Waals surface area (Å²) in [5.74, 6) is 0.509. The molecule has 4 nitrogen and oxygen atoms in total. The van der Waals surface area contributed by atoms with Crippen LogP contribution in [0.2, 0.25) is 0 Å². The minimum Gasteiger partial charge on any atom is -0.378 e. The van der Waals surface area contributed by atoms with Gasteiger partial charge in [0.2, 0.25) is 0 Å². The van der Waals surface area contributed by atoms with Gasteiger partial charge in [0, 0.05) is 18.0 Å². The molecule has 4 heteroatoms. The van der Waals surface area contributed by atoms with Gasteiger partial charge in [0.15, 0.2) is 0 Å². The third kappa shape index (κ3) is 3.56. The normalized spacial score (nSPS) is 27.3. The van der Waals surface area contributed by atoms with Crippen LogP contribution in [0.3, 0.4) is 0 Å². The SMILES string of the molecule is CNC(O)C(C)(C)CNC1C=CC(CN)C1. The Balaban J connectivity index is 2.33. The zero-order valence-corrected chi connectivity index (χ0v) is 10.5. The second kappa shape index (κ2) is 5.77. The summed E-state index contributed by atoms with van der Waals surface area (Å²) in [5.41, 5.74) is 5.44. The first-order chi connectivity index (χ1) is 7.49. The van der Waals surface area contributed by atoms with E-state index in [1.807, 2.05) is 13.8 Å². The first kappa shape index (κ1) is 13.6. The average molecular weight is 227 g/mol. The minimum atomic E-state index is -0.490. The first-order valence-corrected chi connectivity index (χ1v) is 5.96. The van der Waals surface area contributed by atoms with Crippen LogP contribution in [0.1, 0.15) is 20.3 Å². The summed E-state index contributed by atoms with van der Waals surface area (Å²) in [6.07, 6.45) is 4.94. The van der Waals surface area contributed by atoms with Crippen LogP contribution in [0.5, 0.6) is 0 Å². The maximum absolute atomic E-state index is 9.77. The third-order valence-corrected chi connectivity index (χ3v) is 3.31. The van der Waals surface area contributed by atoms with Crippen LogP contribution in [0.4, 0.5) is 0 Å². The number of hydrogen-bond acceptors (Lipinski definition) is 4. The number of aliphatic hydroxyl groups is 1. The Morgan fingerprint density at radius 2 is 2.19 bits per heavy atom. The summed E-state index contributed by atoms with van der Waals surface area (Å²) < 4.78 is 0. The second-order valence-electron chi connectivity index (χ2n) is 5.28. The van der Waals surface area contributed by atoms with Gasteiger partial charge in [-0.3, -0.25) is 5.32 Å². The maximum Gasteiger partial charge on any atom is 0.111 e. The van der Waals surface area contributed by atoms with Crippen molar-refractivity contribution in [1.82, 2.24) is 10.6 Å². The molecular formula is C12H25N3O. The van der Waals surface area contributed by atoms with Crippen LogP contribution < -0.4 is 16.4 Å². The minimum absolute atomic E-state index is 0.177. The predicted molar refractivity (Wildman–Crippen MR) is 66.9 cm³/mol. The molecule has 0 saturated heterocycles. The molecule has 0 heterocycles. The van der Waals surface area contributed by atoms with Crippen molar-refractivity contribution >= 4 is 0 Å². The van der Waals surface area contributed by atoms with Gasteiger partial charge in [-0.25, -0.2) is 0 Å². The Morgan fingerprint density at radius 3 is 2.69 bits per heavy atom. The molecule has 0 spiro atoms. The molecule has 0 saturated carbocycles. The van der Waals surface area contributed by atoms with Gasteiger partial charge in [0.05, 0.1) is 0 Å². The Morgan fingerprint density at radius 1 is 1.50 bits per heavy atom. The molecule has 0 bridgehead atoms. The quantitative estimate of drug-likeness (QED) is 0.382. The molecule has 5 N–H and O–H groups in total. The summed E-state index contributed by atoms with van der Waals surface area (Å²) in [6.45, 7) is 5.58. The lowest BCUT2D eigenvalue weighted by Gasteiger charge is -2.31. The van der Waals surface area contributed by atoms with Crippen LogP contribution in [0.25, 0.3) is 0 Å². The average Bonchev–Trinajstić information content (AvgIpc) is 2.73. The van der Waals surface area contributed by atoms with Crippen LogP contribution >= 0.6 is 0 Å². The number of rotatable bonds is 6. The van der Waals surface area contributed by atoms with Crippen molar-refractivity contribution in [1.29, 1.82) is 0 Å². The predicted octanol–water partition coefficient (Wildman–Crippen LogP) is 0.0434. The molecule has 1 rings (SSSR count). The molecule has 3 unspecified atom stereocenters. The van der Waals surface area contributed by atoms with Gasteiger partial charge in [-0.2, -0.15) is 0 Å². The van der Waals surface area contributed by atoms with Gasteiger partial charge < -0.3 is 16.2 Å². The smallest absolute Gasteiger partial charge is 0.111 e. The van der Waals surface area contributed by atoms with E-state index in [0.29, 0.717) is 12.0 Å². The summed E-state index contributed by atoms with van der Waals surface area (Å²) in [6, 6.07) is 0.400. The fourth-order valence-corrected chi connectivity index (χ4v) is 1.98.